The van der Waals surface area contributed by atoms with E-state index in [4.69, 9.17) is 5.10 Å². The molecular weight excluding hydrogens is 348 g/mol. The number of fused-ring (bicyclic) bond motifs is 1. The number of rotatable bonds is 4. The molecule has 4 heteroatoms. The Morgan fingerprint density at radius 2 is 1.71 bits per heavy atom. The van der Waals surface area contributed by atoms with Crippen molar-refractivity contribution in [3.63, 3.8) is 0 Å². The largest absolute Gasteiger partial charge is 0.508 e. The van der Waals surface area contributed by atoms with Crippen LogP contribution < -0.4 is 0 Å². The molecule has 3 aromatic carbocycles. The van der Waals surface area contributed by atoms with Crippen LogP contribution in [0.4, 0.5) is 0 Å². The van der Waals surface area contributed by atoms with Gasteiger partial charge in [0.25, 0.3) is 0 Å². The Balaban J connectivity index is 2.00. The molecular formula is C24H24N2O2. The highest BCUT2D eigenvalue weighted by Crippen LogP contribution is 2.37. The molecule has 0 bridgehead atoms. The van der Waals surface area contributed by atoms with E-state index in [1.54, 1.807) is 12.1 Å². The number of para-hydroxylation sites is 1. The predicted octanol–water partition coefficient (Wildman–Crippen LogP) is 5.46. The number of aromatic nitrogens is 2. The van der Waals surface area contributed by atoms with Gasteiger partial charge in [0, 0.05) is 22.6 Å². The number of aromatic hydroxyl groups is 1. The van der Waals surface area contributed by atoms with Crippen LogP contribution in [0.25, 0.3) is 33.3 Å². The minimum absolute atomic E-state index is 0.0404. The smallest absolute Gasteiger partial charge is 0.115 e. The van der Waals surface area contributed by atoms with Gasteiger partial charge in [-0.25, -0.2) is 0 Å². The van der Waals surface area contributed by atoms with Gasteiger partial charge in [-0.05, 0) is 55.7 Å². The zero-order valence-corrected chi connectivity index (χ0v) is 16.3. The van der Waals surface area contributed by atoms with Gasteiger partial charge in [0.1, 0.15) is 11.4 Å². The molecule has 0 fully saturated rings. The number of benzene rings is 3. The summed E-state index contributed by atoms with van der Waals surface area (Å²) in [6.45, 7) is 6.29. The molecule has 0 aliphatic rings. The van der Waals surface area contributed by atoms with Gasteiger partial charge < -0.3 is 10.2 Å². The van der Waals surface area contributed by atoms with Crippen LogP contribution in [0.15, 0.2) is 60.7 Å². The Labute approximate surface area is 164 Å². The standard InChI is InChI=1S/C24H24N2O2/c1-15(2)26-24-21(18-9-7-17(14-27)8-10-18)5-4-6-22(24)23(25-26)20-12-11-19(28)13-16(20)3/h4-13,15,27-28H,14H2,1-3H3. The van der Waals surface area contributed by atoms with Crippen molar-refractivity contribution in [2.45, 2.75) is 33.4 Å². The lowest BCUT2D eigenvalue weighted by Gasteiger charge is -2.11. The zero-order chi connectivity index (χ0) is 19.8. The predicted molar refractivity (Wildman–Crippen MR) is 113 cm³/mol. The van der Waals surface area contributed by atoms with E-state index in [9.17, 15) is 10.2 Å². The molecule has 0 saturated heterocycles. The van der Waals surface area contributed by atoms with Crippen molar-refractivity contribution in [2.24, 2.45) is 0 Å². The Morgan fingerprint density at radius 1 is 0.964 bits per heavy atom. The summed E-state index contributed by atoms with van der Waals surface area (Å²) in [4.78, 5) is 0. The van der Waals surface area contributed by atoms with Crippen LogP contribution in [0.1, 0.15) is 31.0 Å². The first-order valence-electron chi connectivity index (χ1n) is 9.51. The second kappa shape index (κ2) is 7.13. The molecule has 4 rings (SSSR count). The number of hydrogen-bond acceptors (Lipinski definition) is 3. The van der Waals surface area contributed by atoms with E-state index in [0.717, 1.165) is 44.4 Å². The number of phenolic OH excluding ortho intramolecular Hbond substituents is 1. The molecule has 1 heterocycles. The number of phenols is 1. The maximum atomic E-state index is 9.78. The van der Waals surface area contributed by atoms with Gasteiger partial charge in [-0.15, -0.1) is 0 Å². The molecule has 0 radical (unpaired) electrons. The van der Waals surface area contributed by atoms with E-state index in [1.165, 1.54) is 0 Å². The highest BCUT2D eigenvalue weighted by atomic mass is 16.3. The van der Waals surface area contributed by atoms with Crippen molar-refractivity contribution in [1.29, 1.82) is 0 Å². The Bertz CT molecular complexity index is 1140. The Morgan fingerprint density at radius 3 is 2.36 bits per heavy atom. The van der Waals surface area contributed by atoms with E-state index in [2.05, 4.69) is 36.7 Å². The van der Waals surface area contributed by atoms with E-state index in [-0.39, 0.29) is 18.4 Å². The van der Waals surface area contributed by atoms with E-state index >= 15 is 0 Å². The van der Waals surface area contributed by atoms with E-state index < -0.39 is 0 Å². The first-order chi connectivity index (χ1) is 13.5. The van der Waals surface area contributed by atoms with Crippen LogP contribution in [0.3, 0.4) is 0 Å². The monoisotopic (exact) mass is 372 g/mol. The molecule has 0 atom stereocenters. The van der Waals surface area contributed by atoms with Crippen molar-refractivity contribution >= 4 is 10.9 Å². The van der Waals surface area contributed by atoms with Crippen LogP contribution in [-0.4, -0.2) is 20.0 Å². The third kappa shape index (κ3) is 3.06. The fourth-order valence-corrected chi connectivity index (χ4v) is 3.70. The fourth-order valence-electron chi connectivity index (χ4n) is 3.70. The summed E-state index contributed by atoms with van der Waals surface area (Å²) < 4.78 is 2.08. The van der Waals surface area contributed by atoms with Gasteiger partial charge in [0.15, 0.2) is 0 Å². The Hall–Kier alpha value is -3.11. The van der Waals surface area contributed by atoms with Crippen LogP contribution in [-0.2, 0) is 6.61 Å². The number of aliphatic hydroxyl groups excluding tert-OH is 1. The number of hydrogen-bond donors (Lipinski definition) is 2. The minimum Gasteiger partial charge on any atom is -0.508 e. The summed E-state index contributed by atoms with van der Waals surface area (Å²) in [6.07, 6.45) is 0. The second-order valence-corrected chi connectivity index (χ2v) is 7.44. The molecule has 142 valence electrons. The molecule has 2 N–H and O–H groups in total. The topological polar surface area (TPSA) is 58.3 Å². The van der Waals surface area contributed by atoms with Crippen molar-refractivity contribution in [3.05, 3.63) is 71.8 Å². The van der Waals surface area contributed by atoms with Crippen LogP contribution >= 0.6 is 0 Å². The van der Waals surface area contributed by atoms with Gasteiger partial charge >= 0.3 is 0 Å². The molecule has 4 nitrogen and oxygen atoms in total. The fraction of sp³-hybridized carbons (Fsp3) is 0.208. The second-order valence-electron chi connectivity index (χ2n) is 7.44. The van der Waals surface area contributed by atoms with Crippen molar-refractivity contribution < 1.29 is 10.2 Å². The van der Waals surface area contributed by atoms with Crippen molar-refractivity contribution in [3.8, 4) is 28.1 Å². The van der Waals surface area contributed by atoms with Gasteiger partial charge in [0.05, 0.1) is 12.1 Å². The van der Waals surface area contributed by atoms with Gasteiger partial charge in [-0.2, -0.15) is 5.10 Å². The molecule has 0 aliphatic heterocycles. The van der Waals surface area contributed by atoms with E-state index in [1.807, 2.05) is 37.3 Å². The van der Waals surface area contributed by atoms with Gasteiger partial charge in [-0.1, -0.05) is 42.5 Å². The summed E-state index contributed by atoms with van der Waals surface area (Å²) in [6, 6.07) is 19.9. The normalized spacial score (nSPS) is 11.5. The maximum Gasteiger partial charge on any atom is 0.115 e. The molecule has 4 aromatic rings. The molecule has 0 unspecified atom stereocenters. The van der Waals surface area contributed by atoms with Crippen molar-refractivity contribution in [1.82, 2.24) is 9.78 Å². The van der Waals surface area contributed by atoms with Gasteiger partial charge in [0.2, 0.25) is 0 Å². The maximum absolute atomic E-state index is 9.78. The summed E-state index contributed by atoms with van der Waals surface area (Å²) >= 11 is 0. The van der Waals surface area contributed by atoms with Crippen LogP contribution in [0, 0.1) is 6.92 Å². The highest BCUT2D eigenvalue weighted by molar-refractivity contribution is 6.02. The van der Waals surface area contributed by atoms with Crippen LogP contribution in [0.5, 0.6) is 5.75 Å². The number of aryl methyl sites for hydroxylation is 1. The first kappa shape index (κ1) is 18.3. The number of aliphatic hydroxyl groups is 1. The number of nitrogens with zero attached hydrogens (tertiary/aromatic N) is 2. The summed E-state index contributed by atoms with van der Waals surface area (Å²) in [5.41, 5.74) is 7.15. The molecule has 1 aromatic heterocycles. The zero-order valence-electron chi connectivity index (χ0n) is 16.3. The highest BCUT2D eigenvalue weighted by Gasteiger charge is 2.19. The average Bonchev–Trinajstić information content (AvgIpc) is 3.08. The minimum atomic E-state index is 0.0404. The quantitative estimate of drug-likeness (QED) is 0.500. The lowest BCUT2D eigenvalue weighted by atomic mass is 9.98. The molecule has 0 spiro atoms. The molecule has 28 heavy (non-hydrogen) atoms. The van der Waals surface area contributed by atoms with E-state index in [0.29, 0.717) is 0 Å². The SMILES string of the molecule is Cc1cc(O)ccc1-c1nn(C(C)C)c2c(-c3ccc(CO)cc3)cccc12. The average molecular weight is 372 g/mol. The molecule has 0 aliphatic carbocycles. The molecule has 0 amide bonds. The molecule has 0 saturated carbocycles. The third-order valence-corrected chi connectivity index (χ3v) is 5.13. The summed E-state index contributed by atoms with van der Waals surface area (Å²) in [7, 11) is 0. The third-order valence-electron chi connectivity index (χ3n) is 5.13. The lowest BCUT2D eigenvalue weighted by Crippen LogP contribution is -2.03. The lowest BCUT2D eigenvalue weighted by molar-refractivity contribution is 0.282. The summed E-state index contributed by atoms with van der Waals surface area (Å²) in [5.74, 6) is 0.263. The van der Waals surface area contributed by atoms with Crippen molar-refractivity contribution in [2.75, 3.05) is 0 Å². The van der Waals surface area contributed by atoms with Crippen LogP contribution in [0.2, 0.25) is 0 Å². The summed E-state index contributed by atoms with van der Waals surface area (Å²) in [5, 5.41) is 25.2. The van der Waals surface area contributed by atoms with Gasteiger partial charge in [-0.3, -0.25) is 4.68 Å². The first-order valence-corrected chi connectivity index (χ1v) is 9.51. The Kier molecular flexibility index (Phi) is 4.65.